The summed E-state index contributed by atoms with van der Waals surface area (Å²) in [7, 11) is 0. The number of nitrogens with one attached hydrogen (secondary N) is 1. The Balaban J connectivity index is 1.62. The van der Waals surface area contributed by atoms with Crippen LogP contribution in [0, 0.1) is 13.8 Å². The molecule has 1 N–H and O–H groups in total. The van der Waals surface area contributed by atoms with Crippen molar-refractivity contribution >= 4 is 11.6 Å². The Morgan fingerprint density at radius 3 is 2.81 bits per heavy atom. The molecule has 1 aliphatic rings. The molecule has 1 fully saturated rings. The van der Waals surface area contributed by atoms with E-state index in [0.29, 0.717) is 23.3 Å². The maximum Gasteiger partial charge on any atom is 0.275 e. The summed E-state index contributed by atoms with van der Waals surface area (Å²) in [5.41, 5.74) is 3.56. The Morgan fingerprint density at radius 1 is 1.27 bits per heavy atom. The van der Waals surface area contributed by atoms with E-state index in [-0.39, 0.29) is 17.4 Å². The van der Waals surface area contributed by atoms with Gasteiger partial charge in [0.25, 0.3) is 11.5 Å². The lowest BCUT2D eigenvalue weighted by molar-refractivity contribution is 0.0705. The molecule has 0 aromatic carbocycles. The third-order valence-electron chi connectivity index (χ3n) is 5.18. The lowest BCUT2D eigenvalue weighted by atomic mass is 9.94. The van der Waals surface area contributed by atoms with Gasteiger partial charge in [-0.25, -0.2) is 9.50 Å². The first kappa shape index (κ1) is 16.5. The first-order chi connectivity index (χ1) is 12.5. The van der Waals surface area contributed by atoms with Gasteiger partial charge >= 0.3 is 0 Å². The summed E-state index contributed by atoms with van der Waals surface area (Å²) in [6.07, 6.45) is 5.17. The number of rotatable bonds is 2. The number of carbonyl (C=O) groups excluding carboxylic acids is 1. The van der Waals surface area contributed by atoms with E-state index in [1.54, 1.807) is 31.5 Å². The predicted octanol–water partition coefficient (Wildman–Crippen LogP) is 2.05. The number of hydrogen-bond donors (Lipinski definition) is 1. The summed E-state index contributed by atoms with van der Waals surface area (Å²) in [4.78, 5) is 35.5. The number of nitrogens with zero attached hydrogens (tertiary/aromatic N) is 4. The van der Waals surface area contributed by atoms with Crippen molar-refractivity contribution in [2.75, 3.05) is 13.1 Å². The molecule has 1 saturated heterocycles. The third-order valence-corrected chi connectivity index (χ3v) is 5.18. The van der Waals surface area contributed by atoms with Crippen molar-refractivity contribution in [3.63, 3.8) is 0 Å². The van der Waals surface area contributed by atoms with E-state index in [1.165, 1.54) is 4.52 Å². The maximum absolute atomic E-state index is 12.7. The highest BCUT2D eigenvalue weighted by molar-refractivity contribution is 5.94. The fraction of sp³-hybridized carbons (Fsp3) is 0.368. The second-order valence-corrected chi connectivity index (χ2v) is 6.86. The highest BCUT2D eigenvalue weighted by Crippen LogP contribution is 2.27. The summed E-state index contributed by atoms with van der Waals surface area (Å²) in [6, 6.07) is 5.41. The molecule has 1 aliphatic heterocycles. The van der Waals surface area contributed by atoms with Gasteiger partial charge in [0, 0.05) is 60.0 Å². The van der Waals surface area contributed by atoms with Crippen molar-refractivity contribution in [1.29, 1.82) is 0 Å². The average molecular weight is 351 g/mol. The van der Waals surface area contributed by atoms with E-state index < -0.39 is 0 Å². The van der Waals surface area contributed by atoms with E-state index in [1.807, 2.05) is 17.9 Å². The molecule has 7 nitrogen and oxygen atoms in total. The van der Waals surface area contributed by atoms with E-state index in [0.717, 1.165) is 30.8 Å². The van der Waals surface area contributed by atoms with Crippen LogP contribution >= 0.6 is 0 Å². The fourth-order valence-electron chi connectivity index (χ4n) is 3.54. The standard InChI is InChI=1S/C19H21N5O2/c1-12-13(2)21-17-10-16(22-24(17)18(12)25)15-4-3-9-23(11-15)19(26)14-5-7-20-8-6-14/h5-8,10,15,22H,3-4,9,11H2,1-2H3. The zero-order valence-corrected chi connectivity index (χ0v) is 14.9. The van der Waals surface area contributed by atoms with Gasteiger partial charge in [0.2, 0.25) is 0 Å². The minimum absolute atomic E-state index is 0.0233. The molecule has 3 aromatic rings. The normalized spacial score (nSPS) is 17.6. The predicted molar refractivity (Wildman–Crippen MR) is 97.4 cm³/mol. The van der Waals surface area contributed by atoms with Crippen LogP contribution in [-0.4, -0.2) is 43.5 Å². The quantitative estimate of drug-likeness (QED) is 0.766. The van der Waals surface area contributed by atoms with Gasteiger partial charge in [0.1, 0.15) is 0 Å². The van der Waals surface area contributed by atoms with Crippen LogP contribution in [-0.2, 0) is 0 Å². The largest absolute Gasteiger partial charge is 0.338 e. The molecule has 0 radical (unpaired) electrons. The van der Waals surface area contributed by atoms with Crippen molar-refractivity contribution in [3.05, 3.63) is 63.5 Å². The van der Waals surface area contributed by atoms with Crippen LogP contribution in [0.4, 0.5) is 0 Å². The molecule has 0 bridgehead atoms. The second kappa shape index (κ2) is 6.40. The van der Waals surface area contributed by atoms with Gasteiger partial charge in [-0.05, 0) is 38.8 Å². The Hall–Kier alpha value is -2.96. The number of fused-ring (bicyclic) bond motifs is 1. The minimum atomic E-state index is -0.0701. The Bertz CT molecular complexity index is 1020. The van der Waals surface area contributed by atoms with Crippen molar-refractivity contribution < 1.29 is 4.79 Å². The Labute approximate surface area is 150 Å². The molecule has 0 spiro atoms. The molecular formula is C19H21N5O2. The molecule has 26 heavy (non-hydrogen) atoms. The number of likely N-dealkylation sites (tertiary alicyclic amines) is 1. The van der Waals surface area contributed by atoms with Crippen LogP contribution in [0.2, 0.25) is 0 Å². The van der Waals surface area contributed by atoms with Crippen molar-refractivity contribution in [2.45, 2.75) is 32.6 Å². The molecular weight excluding hydrogens is 330 g/mol. The number of hydrogen-bond acceptors (Lipinski definition) is 4. The van der Waals surface area contributed by atoms with Crippen molar-refractivity contribution in [2.24, 2.45) is 0 Å². The average Bonchev–Trinajstić information content (AvgIpc) is 3.10. The lowest BCUT2D eigenvalue weighted by Gasteiger charge is -2.32. The number of pyridine rings is 1. The van der Waals surface area contributed by atoms with Gasteiger partial charge in [-0.3, -0.25) is 19.7 Å². The summed E-state index contributed by atoms with van der Waals surface area (Å²) in [5.74, 6) is 0.187. The van der Waals surface area contributed by atoms with Gasteiger partial charge in [-0.15, -0.1) is 0 Å². The van der Waals surface area contributed by atoms with Crippen LogP contribution in [0.1, 0.15) is 46.1 Å². The summed E-state index contributed by atoms with van der Waals surface area (Å²) < 4.78 is 1.50. The minimum Gasteiger partial charge on any atom is -0.338 e. The fourth-order valence-corrected chi connectivity index (χ4v) is 3.54. The number of amides is 1. The van der Waals surface area contributed by atoms with E-state index in [2.05, 4.69) is 15.1 Å². The monoisotopic (exact) mass is 351 g/mol. The molecule has 0 saturated carbocycles. The molecule has 0 aliphatic carbocycles. The number of aromatic amines is 1. The van der Waals surface area contributed by atoms with Crippen LogP contribution in [0.5, 0.6) is 0 Å². The van der Waals surface area contributed by atoms with Crippen LogP contribution < -0.4 is 5.56 Å². The second-order valence-electron chi connectivity index (χ2n) is 6.86. The smallest absolute Gasteiger partial charge is 0.275 e. The topological polar surface area (TPSA) is 83.4 Å². The van der Waals surface area contributed by atoms with Crippen LogP contribution in [0.3, 0.4) is 0 Å². The van der Waals surface area contributed by atoms with E-state index in [9.17, 15) is 9.59 Å². The van der Waals surface area contributed by atoms with Gasteiger partial charge in [0.15, 0.2) is 5.65 Å². The van der Waals surface area contributed by atoms with Crippen molar-refractivity contribution in [1.82, 2.24) is 24.5 Å². The Kier molecular flexibility index (Phi) is 4.06. The molecule has 4 rings (SSSR count). The zero-order chi connectivity index (χ0) is 18.3. The molecule has 7 heteroatoms. The molecule has 134 valence electrons. The highest BCUT2D eigenvalue weighted by atomic mass is 16.2. The van der Waals surface area contributed by atoms with Gasteiger partial charge in [-0.2, -0.15) is 0 Å². The summed E-state index contributed by atoms with van der Waals surface area (Å²) in [6.45, 7) is 5.00. The van der Waals surface area contributed by atoms with Crippen molar-refractivity contribution in [3.8, 4) is 0 Å². The van der Waals surface area contributed by atoms with Gasteiger partial charge in [-0.1, -0.05) is 0 Å². The molecule has 3 aromatic heterocycles. The number of aromatic nitrogens is 4. The summed E-state index contributed by atoms with van der Waals surface area (Å²) >= 11 is 0. The SMILES string of the molecule is Cc1nc2cc(C3CCCN(C(=O)c4ccncc4)C3)[nH]n2c(=O)c1C. The molecule has 4 heterocycles. The maximum atomic E-state index is 12.7. The van der Waals surface area contributed by atoms with Crippen LogP contribution in [0.15, 0.2) is 35.4 Å². The van der Waals surface area contributed by atoms with E-state index in [4.69, 9.17) is 0 Å². The molecule has 1 amide bonds. The first-order valence-corrected chi connectivity index (χ1v) is 8.83. The number of H-pyrrole nitrogens is 1. The number of carbonyl (C=O) groups is 1. The molecule has 1 unspecified atom stereocenters. The zero-order valence-electron chi connectivity index (χ0n) is 14.9. The summed E-state index contributed by atoms with van der Waals surface area (Å²) in [5, 5.41) is 3.19. The third kappa shape index (κ3) is 2.79. The lowest BCUT2D eigenvalue weighted by Crippen LogP contribution is -2.39. The number of aryl methyl sites for hydroxylation is 1. The Morgan fingerprint density at radius 2 is 2.04 bits per heavy atom. The number of piperidine rings is 1. The van der Waals surface area contributed by atoms with Gasteiger partial charge < -0.3 is 4.90 Å². The highest BCUT2D eigenvalue weighted by Gasteiger charge is 2.27. The van der Waals surface area contributed by atoms with Crippen LogP contribution in [0.25, 0.3) is 5.65 Å². The van der Waals surface area contributed by atoms with Gasteiger partial charge in [0.05, 0.1) is 0 Å². The van der Waals surface area contributed by atoms with E-state index >= 15 is 0 Å². The molecule has 1 atom stereocenters. The first-order valence-electron chi connectivity index (χ1n) is 8.83.